The second-order valence-electron chi connectivity index (χ2n) is 7.97. The van der Waals surface area contributed by atoms with E-state index in [-0.39, 0.29) is 18.0 Å². The minimum atomic E-state index is -0.0352. The fraction of sp³-hybridized carbons (Fsp3) is 0.440. The molecule has 186 valence electrons. The highest BCUT2D eigenvalue weighted by atomic mass is 127. The van der Waals surface area contributed by atoms with E-state index >= 15 is 0 Å². The lowest BCUT2D eigenvalue weighted by Gasteiger charge is -2.33. The number of halogens is 3. The molecule has 2 aromatic carbocycles. The van der Waals surface area contributed by atoms with Crippen molar-refractivity contribution in [3.05, 3.63) is 58.6 Å². The van der Waals surface area contributed by atoms with Gasteiger partial charge in [0.15, 0.2) is 0 Å². The smallest absolute Gasteiger partial charge is 0.255 e. The maximum Gasteiger partial charge on any atom is 0.255 e. The molecule has 34 heavy (non-hydrogen) atoms. The van der Waals surface area contributed by atoms with E-state index < -0.39 is 0 Å². The predicted octanol–water partition coefficient (Wildman–Crippen LogP) is 6.35. The Morgan fingerprint density at radius 2 is 1.56 bits per heavy atom. The standard InChI is InChI=1S/C25H32ClI2N3O3/c1-18(15-27)31(19(2)16-28)25(32)23-11-10-22(14-24(23)26)34-13-5-3-4-12-33-21-8-6-20(7-9-21)17-30-29/h6-11,14,17-19H,3-5,12-13,15-16,29H2,1-2H3. The topological polar surface area (TPSA) is 77.2 Å². The second-order valence-corrected chi connectivity index (χ2v) is 10.1. The first-order valence-corrected chi connectivity index (χ1v) is 14.7. The number of nitrogens with two attached hydrogens (primary N) is 1. The molecule has 0 aromatic heterocycles. The highest BCUT2D eigenvalue weighted by Crippen LogP contribution is 2.26. The zero-order chi connectivity index (χ0) is 24.9. The van der Waals surface area contributed by atoms with Crippen molar-refractivity contribution >= 4 is 68.9 Å². The zero-order valence-corrected chi connectivity index (χ0v) is 24.6. The molecule has 0 aliphatic rings. The molecule has 0 bridgehead atoms. The third-order valence-corrected chi connectivity index (χ3v) is 8.09. The van der Waals surface area contributed by atoms with Crippen LogP contribution in [0.1, 0.15) is 49.0 Å². The van der Waals surface area contributed by atoms with Gasteiger partial charge in [0.25, 0.3) is 5.91 Å². The Labute approximate surface area is 234 Å². The molecule has 0 radical (unpaired) electrons. The van der Waals surface area contributed by atoms with Crippen LogP contribution < -0.4 is 15.3 Å². The van der Waals surface area contributed by atoms with Crippen molar-refractivity contribution in [2.45, 2.75) is 45.2 Å². The molecule has 0 fully saturated rings. The summed E-state index contributed by atoms with van der Waals surface area (Å²) in [5.74, 6) is 6.61. The number of alkyl halides is 2. The molecule has 0 aliphatic heterocycles. The van der Waals surface area contributed by atoms with Gasteiger partial charge in [-0.15, -0.1) is 0 Å². The van der Waals surface area contributed by atoms with Gasteiger partial charge in [0, 0.05) is 20.9 Å². The highest BCUT2D eigenvalue weighted by molar-refractivity contribution is 14.1. The van der Waals surface area contributed by atoms with Gasteiger partial charge in [-0.25, -0.2) is 0 Å². The monoisotopic (exact) mass is 711 g/mol. The Morgan fingerprint density at radius 3 is 2.09 bits per heavy atom. The van der Waals surface area contributed by atoms with E-state index in [2.05, 4.69) is 64.1 Å². The molecule has 0 saturated heterocycles. The zero-order valence-electron chi connectivity index (χ0n) is 19.6. The lowest BCUT2D eigenvalue weighted by atomic mass is 10.1. The maximum atomic E-state index is 13.2. The van der Waals surface area contributed by atoms with Crippen molar-refractivity contribution in [3.8, 4) is 11.5 Å². The van der Waals surface area contributed by atoms with Gasteiger partial charge in [0.1, 0.15) is 11.5 Å². The van der Waals surface area contributed by atoms with Crippen LogP contribution >= 0.6 is 56.8 Å². The average molecular weight is 712 g/mol. The van der Waals surface area contributed by atoms with Gasteiger partial charge in [-0.3, -0.25) is 4.79 Å². The number of rotatable bonds is 14. The van der Waals surface area contributed by atoms with Crippen molar-refractivity contribution in [1.29, 1.82) is 0 Å². The second kappa shape index (κ2) is 15.7. The lowest BCUT2D eigenvalue weighted by molar-refractivity contribution is 0.0656. The molecule has 2 aromatic rings. The molecule has 0 saturated carbocycles. The molecular formula is C25H32ClI2N3O3. The van der Waals surface area contributed by atoms with Crippen LogP contribution in [0, 0.1) is 0 Å². The van der Waals surface area contributed by atoms with Gasteiger partial charge in [0.05, 0.1) is 30.0 Å². The first-order valence-electron chi connectivity index (χ1n) is 11.2. The Hall–Kier alpha value is -1.27. The van der Waals surface area contributed by atoms with E-state index in [0.717, 1.165) is 39.4 Å². The van der Waals surface area contributed by atoms with Crippen molar-refractivity contribution in [3.63, 3.8) is 0 Å². The molecule has 9 heteroatoms. The summed E-state index contributed by atoms with van der Waals surface area (Å²) in [7, 11) is 0. The third-order valence-electron chi connectivity index (χ3n) is 5.23. The minimum absolute atomic E-state index is 0.0352. The Kier molecular flexibility index (Phi) is 13.3. The van der Waals surface area contributed by atoms with Gasteiger partial charge in [-0.2, -0.15) is 5.10 Å². The molecule has 0 spiro atoms. The van der Waals surface area contributed by atoms with E-state index in [1.807, 2.05) is 35.2 Å². The number of hydrogen-bond acceptors (Lipinski definition) is 5. The van der Waals surface area contributed by atoms with Crippen molar-refractivity contribution in [1.82, 2.24) is 4.90 Å². The molecule has 2 N–H and O–H groups in total. The van der Waals surface area contributed by atoms with Crippen LogP contribution in [0.2, 0.25) is 5.02 Å². The van der Waals surface area contributed by atoms with E-state index in [1.165, 1.54) is 0 Å². The number of hydrazone groups is 1. The van der Waals surface area contributed by atoms with Crippen LogP contribution in [0.15, 0.2) is 47.6 Å². The largest absolute Gasteiger partial charge is 0.494 e. The number of nitrogens with zero attached hydrogens (tertiary/aromatic N) is 2. The average Bonchev–Trinajstić information content (AvgIpc) is 2.84. The highest BCUT2D eigenvalue weighted by Gasteiger charge is 2.27. The van der Waals surface area contributed by atoms with E-state index in [9.17, 15) is 4.79 Å². The predicted molar refractivity (Wildman–Crippen MR) is 157 cm³/mol. The molecule has 2 rings (SSSR count). The number of amides is 1. The third kappa shape index (κ3) is 9.07. The summed E-state index contributed by atoms with van der Waals surface area (Å²) in [6.45, 7) is 5.37. The molecule has 1 amide bonds. The number of benzene rings is 2. The quantitative estimate of drug-likeness (QED) is 0.0620. The Morgan fingerprint density at radius 1 is 1.00 bits per heavy atom. The first-order chi connectivity index (χ1) is 16.4. The van der Waals surface area contributed by atoms with Gasteiger partial charge >= 0.3 is 0 Å². The van der Waals surface area contributed by atoms with Crippen LogP contribution in [0.3, 0.4) is 0 Å². The van der Waals surface area contributed by atoms with Crippen LogP contribution in [0.25, 0.3) is 0 Å². The summed E-state index contributed by atoms with van der Waals surface area (Å²) < 4.78 is 13.3. The van der Waals surface area contributed by atoms with Gasteiger partial charge < -0.3 is 20.2 Å². The molecule has 0 aliphatic carbocycles. The van der Waals surface area contributed by atoms with Crippen molar-refractivity contribution in [2.24, 2.45) is 10.9 Å². The van der Waals surface area contributed by atoms with Crippen molar-refractivity contribution in [2.75, 3.05) is 22.1 Å². The molecule has 6 nitrogen and oxygen atoms in total. The number of unbranched alkanes of at least 4 members (excludes halogenated alkanes) is 2. The summed E-state index contributed by atoms with van der Waals surface area (Å²) in [4.78, 5) is 15.1. The van der Waals surface area contributed by atoms with Crippen LogP contribution in [0.5, 0.6) is 11.5 Å². The van der Waals surface area contributed by atoms with Crippen molar-refractivity contribution < 1.29 is 14.3 Å². The molecule has 2 unspecified atom stereocenters. The summed E-state index contributed by atoms with van der Waals surface area (Å²) in [6, 6.07) is 13.2. The van der Waals surface area contributed by atoms with E-state index in [1.54, 1.807) is 18.3 Å². The fourth-order valence-electron chi connectivity index (χ4n) is 3.38. The summed E-state index contributed by atoms with van der Waals surface area (Å²) >= 11 is 11.1. The van der Waals surface area contributed by atoms with E-state index in [4.69, 9.17) is 26.9 Å². The maximum absolute atomic E-state index is 13.2. The molecular weight excluding hydrogens is 680 g/mol. The summed E-state index contributed by atoms with van der Waals surface area (Å²) in [5.41, 5.74) is 1.45. The summed E-state index contributed by atoms with van der Waals surface area (Å²) in [5, 5.41) is 3.92. The van der Waals surface area contributed by atoms with Crippen LogP contribution in [-0.2, 0) is 0 Å². The molecule has 0 heterocycles. The minimum Gasteiger partial charge on any atom is -0.494 e. The number of carbonyl (C=O) groups excluding carboxylic acids is 1. The normalized spacial score (nSPS) is 13.0. The molecule has 2 atom stereocenters. The van der Waals surface area contributed by atoms with E-state index in [0.29, 0.717) is 29.5 Å². The number of hydrogen-bond donors (Lipinski definition) is 1. The fourth-order valence-corrected chi connectivity index (χ4v) is 4.48. The SMILES string of the molecule is CC(CI)N(C(=O)c1ccc(OCCCCCOc2ccc(C=NN)cc2)cc1Cl)C(C)CI. The van der Waals surface area contributed by atoms with Gasteiger partial charge in [-0.1, -0.05) is 56.8 Å². The number of ether oxygens (including phenoxy) is 2. The summed E-state index contributed by atoms with van der Waals surface area (Å²) in [6.07, 6.45) is 4.42. The van der Waals surface area contributed by atoms with Crippen LogP contribution in [-0.4, -0.2) is 51.2 Å². The number of carbonyl (C=O) groups is 1. The lowest BCUT2D eigenvalue weighted by Crippen LogP contribution is -2.46. The first kappa shape index (κ1) is 29.0. The van der Waals surface area contributed by atoms with Gasteiger partial charge in [0.2, 0.25) is 0 Å². The Bertz CT molecular complexity index is 918. The Balaban J connectivity index is 1.76. The van der Waals surface area contributed by atoms with Gasteiger partial charge in [-0.05, 0) is 81.1 Å². The van der Waals surface area contributed by atoms with Crippen LogP contribution in [0.4, 0.5) is 0 Å².